The number of hydrogen-bond donors (Lipinski definition) is 2. The third-order valence-electron chi connectivity index (χ3n) is 4.86. The lowest BCUT2D eigenvalue weighted by Crippen LogP contribution is -2.45. The molecule has 1 aromatic heterocycles. The summed E-state index contributed by atoms with van der Waals surface area (Å²) >= 11 is 0. The number of rotatable bonds is 4. The molecule has 0 aliphatic heterocycles. The van der Waals surface area contributed by atoms with Crippen molar-refractivity contribution in [3.05, 3.63) is 59.7 Å². The zero-order valence-electron chi connectivity index (χ0n) is 12.7. The van der Waals surface area contributed by atoms with E-state index in [2.05, 4.69) is 45.0 Å². The highest BCUT2D eigenvalue weighted by Gasteiger charge is 2.38. The second-order valence-electron chi connectivity index (χ2n) is 6.21. The first-order valence-corrected chi connectivity index (χ1v) is 7.91. The Kier molecular flexibility index (Phi) is 3.33. The number of amides is 1. The van der Waals surface area contributed by atoms with Gasteiger partial charge in [-0.1, -0.05) is 36.8 Å². The van der Waals surface area contributed by atoms with Crippen molar-refractivity contribution >= 4 is 16.9 Å². The van der Waals surface area contributed by atoms with Gasteiger partial charge in [0.05, 0.1) is 0 Å². The van der Waals surface area contributed by atoms with Crippen LogP contribution in [0.3, 0.4) is 0 Å². The first kappa shape index (κ1) is 13.9. The van der Waals surface area contributed by atoms with E-state index < -0.39 is 0 Å². The number of H-pyrrole nitrogens is 1. The molecule has 0 spiro atoms. The number of benzene rings is 2. The van der Waals surface area contributed by atoms with E-state index in [4.69, 9.17) is 0 Å². The summed E-state index contributed by atoms with van der Waals surface area (Å²) in [6.45, 7) is 0.673. The van der Waals surface area contributed by atoms with Gasteiger partial charge in [-0.15, -0.1) is 0 Å². The van der Waals surface area contributed by atoms with Crippen LogP contribution in [0.1, 0.15) is 35.2 Å². The molecule has 1 aliphatic rings. The van der Waals surface area contributed by atoms with Crippen LogP contribution in [0.2, 0.25) is 0 Å². The SMILES string of the molecule is O=C(NCC1(c2ccccc2)CCC1)c1ccc2n[nH]nc2c1. The second kappa shape index (κ2) is 5.50. The smallest absolute Gasteiger partial charge is 0.251 e. The quantitative estimate of drug-likeness (QED) is 0.778. The Bertz CT molecular complexity index is 836. The van der Waals surface area contributed by atoms with Gasteiger partial charge >= 0.3 is 0 Å². The largest absolute Gasteiger partial charge is 0.351 e. The first-order valence-electron chi connectivity index (χ1n) is 7.91. The van der Waals surface area contributed by atoms with Gasteiger partial charge in [-0.2, -0.15) is 15.4 Å². The minimum atomic E-state index is -0.0582. The molecule has 0 radical (unpaired) electrons. The Balaban J connectivity index is 1.50. The van der Waals surface area contributed by atoms with Gasteiger partial charge in [0.25, 0.3) is 5.91 Å². The van der Waals surface area contributed by atoms with Gasteiger partial charge in [-0.05, 0) is 36.6 Å². The summed E-state index contributed by atoms with van der Waals surface area (Å²) in [6.07, 6.45) is 3.47. The summed E-state index contributed by atoms with van der Waals surface area (Å²) in [4.78, 5) is 12.5. The highest BCUT2D eigenvalue weighted by molar-refractivity contribution is 5.97. The van der Waals surface area contributed by atoms with Crippen molar-refractivity contribution in [1.29, 1.82) is 0 Å². The molecule has 3 aromatic rings. The van der Waals surface area contributed by atoms with Crippen LogP contribution < -0.4 is 5.32 Å². The summed E-state index contributed by atoms with van der Waals surface area (Å²) in [5.41, 5.74) is 3.50. The molecule has 1 heterocycles. The van der Waals surface area contributed by atoms with E-state index in [1.165, 1.54) is 12.0 Å². The van der Waals surface area contributed by atoms with Crippen molar-refractivity contribution in [2.45, 2.75) is 24.7 Å². The van der Waals surface area contributed by atoms with E-state index in [0.29, 0.717) is 17.6 Å². The van der Waals surface area contributed by atoms with Gasteiger partial charge in [0.15, 0.2) is 0 Å². The van der Waals surface area contributed by atoms with E-state index in [9.17, 15) is 4.79 Å². The maximum Gasteiger partial charge on any atom is 0.251 e. The van der Waals surface area contributed by atoms with Gasteiger partial charge in [0, 0.05) is 17.5 Å². The van der Waals surface area contributed by atoms with E-state index in [0.717, 1.165) is 18.4 Å². The Morgan fingerprint density at radius 2 is 1.87 bits per heavy atom. The predicted octanol–water partition coefficient (Wildman–Crippen LogP) is 2.81. The topological polar surface area (TPSA) is 70.7 Å². The van der Waals surface area contributed by atoms with Crippen LogP contribution in [0.15, 0.2) is 48.5 Å². The lowest BCUT2D eigenvalue weighted by Gasteiger charge is -2.42. The molecule has 1 aliphatic carbocycles. The first-order chi connectivity index (χ1) is 11.3. The molecule has 4 rings (SSSR count). The number of fused-ring (bicyclic) bond motifs is 1. The average molecular weight is 306 g/mol. The number of nitrogens with one attached hydrogen (secondary N) is 2. The molecule has 5 nitrogen and oxygen atoms in total. The van der Waals surface area contributed by atoms with Crippen LogP contribution in [-0.2, 0) is 5.41 Å². The van der Waals surface area contributed by atoms with Crippen molar-refractivity contribution in [2.24, 2.45) is 0 Å². The molecule has 1 fully saturated rings. The zero-order chi connectivity index (χ0) is 15.7. The van der Waals surface area contributed by atoms with E-state index in [1.807, 2.05) is 12.1 Å². The third-order valence-corrected chi connectivity index (χ3v) is 4.86. The van der Waals surface area contributed by atoms with Gasteiger partial charge in [0.1, 0.15) is 11.0 Å². The van der Waals surface area contributed by atoms with Crippen LogP contribution >= 0.6 is 0 Å². The summed E-state index contributed by atoms with van der Waals surface area (Å²) in [7, 11) is 0. The molecule has 1 saturated carbocycles. The van der Waals surface area contributed by atoms with Crippen molar-refractivity contribution in [2.75, 3.05) is 6.54 Å². The Morgan fingerprint density at radius 1 is 1.09 bits per heavy atom. The number of hydrogen-bond acceptors (Lipinski definition) is 3. The number of aromatic amines is 1. The predicted molar refractivity (Wildman–Crippen MR) is 88.2 cm³/mol. The fourth-order valence-corrected chi connectivity index (χ4v) is 3.30. The molecule has 23 heavy (non-hydrogen) atoms. The third kappa shape index (κ3) is 2.48. The van der Waals surface area contributed by atoms with Gasteiger partial charge < -0.3 is 5.32 Å². The summed E-state index contributed by atoms with van der Waals surface area (Å²) in [6, 6.07) is 15.8. The zero-order valence-corrected chi connectivity index (χ0v) is 12.7. The molecule has 5 heteroatoms. The fourth-order valence-electron chi connectivity index (χ4n) is 3.30. The lowest BCUT2D eigenvalue weighted by atomic mass is 9.64. The Hall–Kier alpha value is -2.69. The average Bonchev–Trinajstić information content (AvgIpc) is 3.02. The minimum absolute atomic E-state index is 0.0582. The molecule has 0 atom stereocenters. The highest BCUT2D eigenvalue weighted by Crippen LogP contribution is 2.43. The molecule has 0 bridgehead atoms. The van der Waals surface area contributed by atoms with Crippen LogP contribution in [-0.4, -0.2) is 27.9 Å². The number of aromatic nitrogens is 3. The molecular formula is C18H18N4O. The molecule has 0 unspecified atom stereocenters. The van der Waals surface area contributed by atoms with Crippen LogP contribution in [0.4, 0.5) is 0 Å². The molecule has 0 saturated heterocycles. The monoisotopic (exact) mass is 306 g/mol. The standard InChI is InChI=1S/C18H18N4O/c23-17(13-7-8-15-16(11-13)21-22-20-15)19-12-18(9-4-10-18)14-5-2-1-3-6-14/h1-3,5-8,11H,4,9-10,12H2,(H,19,23)(H,20,21,22). The molecule has 2 N–H and O–H groups in total. The van der Waals surface area contributed by atoms with Gasteiger partial charge in [-0.3, -0.25) is 4.79 Å². The van der Waals surface area contributed by atoms with E-state index in [-0.39, 0.29) is 11.3 Å². The second-order valence-corrected chi connectivity index (χ2v) is 6.21. The number of carbonyl (C=O) groups excluding carboxylic acids is 1. The lowest BCUT2D eigenvalue weighted by molar-refractivity contribution is 0.0928. The number of carbonyl (C=O) groups is 1. The molecular weight excluding hydrogens is 288 g/mol. The maximum atomic E-state index is 12.5. The molecule has 1 amide bonds. The minimum Gasteiger partial charge on any atom is -0.351 e. The van der Waals surface area contributed by atoms with Crippen molar-refractivity contribution in [3.8, 4) is 0 Å². The van der Waals surface area contributed by atoms with Crippen LogP contribution in [0.25, 0.3) is 11.0 Å². The normalized spacial score (nSPS) is 16.0. The van der Waals surface area contributed by atoms with Gasteiger partial charge in [-0.25, -0.2) is 0 Å². The van der Waals surface area contributed by atoms with Crippen molar-refractivity contribution in [3.63, 3.8) is 0 Å². The van der Waals surface area contributed by atoms with Crippen LogP contribution in [0, 0.1) is 0 Å². The molecule has 2 aromatic carbocycles. The fraction of sp³-hybridized carbons (Fsp3) is 0.278. The summed E-state index contributed by atoms with van der Waals surface area (Å²) < 4.78 is 0. The maximum absolute atomic E-state index is 12.5. The summed E-state index contributed by atoms with van der Waals surface area (Å²) in [5.74, 6) is -0.0582. The highest BCUT2D eigenvalue weighted by atomic mass is 16.1. The van der Waals surface area contributed by atoms with Crippen LogP contribution in [0.5, 0.6) is 0 Å². The Labute approximate surface area is 134 Å². The Morgan fingerprint density at radius 3 is 2.61 bits per heavy atom. The number of nitrogens with zero attached hydrogens (tertiary/aromatic N) is 2. The van der Waals surface area contributed by atoms with Gasteiger partial charge in [0.2, 0.25) is 0 Å². The van der Waals surface area contributed by atoms with Crippen molar-refractivity contribution in [1.82, 2.24) is 20.7 Å². The summed E-state index contributed by atoms with van der Waals surface area (Å²) in [5, 5.41) is 13.7. The van der Waals surface area contributed by atoms with E-state index in [1.54, 1.807) is 12.1 Å². The molecule has 116 valence electrons. The van der Waals surface area contributed by atoms with E-state index >= 15 is 0 Å². The van der Waals surface area contributed by atoms with Crippen molar-refractivity contribution < 1.29 is 4.79 Å².